The Labute approximate surface area is 85.2 Å². The number of anilines is 2. The Kier molecular flexibility index (Phi) is 4.16. The number of nitrogens with zero attached hydrogens (tertiary/aromatic N) is 2. The van der Waals surface area contributed by atoms with Crippen molar-refractivity contribution in [2.75, 3.05) is 24.2 Å². The third kappa shape index (κ3) is 2.87. The van der Waals surface area contributed by atoms with E-state index in [9.17, 15) is 0 Å². The van der Waals surface area contributed by atoms with Gasteiger partial charge in [0.2, 0.25) is 5.95 Å². The Balaban J connectivity index is 2.64. The molecule has 0 aliphatic rings. The zero-order valence-electron chi connectivity index (χ0n) is 9.09. The summed E-state index contributed by atoms with van der Waals surface area (Å²) in [6.45, 7) is 5.15. The number of nitrogens with one attached hydrogen (secondary N) is 2. The molecule has 0 amide bonds. The largest absolute Gasteiger partial charge is 0.370 e. The highest BCUT2D eigenvalue weighted by Gasteiger charge is 2.00. The van der Waals surface area contributed by atoms with E-state index in [1.165, 1.54) is 12.8 Å². The maximum atomic E-state index is 4.33. The summed E-state index contributed by atoms with van der Waals surface area (Å²) in [6, 6.07) is 0. The molecule has 14 heavy (non-hydrogen) atoms. The molecule has 0 unspecified atom stereocenters. The highest BCUT2D eigenvalue weighted by atomic mass is 15.1. The molecular formula is C10H18N4. The van der Waals surface area contributed by atoms with Gasteiger partial charge in [0, 0.05) is 25.4 Å². The zero-order chi connectivity index (χ0) is 10.4. The molecule has 1 aromatic rings. The van der Waals surface area contributed by atoms with Gasteiger partial charge in [0.1, 0.15) is 5.82 Å². The Bertz CT molecular complexity index is 285. The summed E-state index contributed by atoms with van der Waals surface area (Å²) < 4.78 is 0. The van der Waals surface area contributed by atoms with Crippen molar-refractivity contribution >= 4 is 11.8 Å². The average molecular weight is 194 g/mol. The fraction of sp³-hybridized carbons (Fsp3) is 0.600. The first kappa shape index (κ1) is 10.8. The van der Waals surface area contributed by atoms with E-state index in [0.717, 1.165) is 17.9 Å². The molecule has 4 nitrogen and oxygen atoms in total. The Hall–Kier alpha value is -1.32. The number of aryl methyl sites for hydroxylation is 1. The summed E-state index contributed by atoms with van der Waals surface area (Å²) in [5.41, 5.74) is 1.08. The van der Waals surface area contributed by atoms with Crippen molar-refractivity contribution < 1.29 is 0 Å². The van der Waals surface area contributed by atoms with Crippen LogP contribution >= 0.6 is 0 Å². The number of unbranched alkanes of at least 4 members (excludes halogenated alkanes) is 1. The third-order valence-corrected chi connectivity index (χ3v) is 2.02. The minimum atomic E-state index is 0.662. The van der Waals surface area contributed by atoms with Gasteiger partial charge in [-0.1, -0.05) is 13.3 Å². The molecule has 0 atom stereocenters. The fourth-order valence-corrected chi connectivity index (χ4v) is 1.13. The normalized spacial score (nSPS) is 9.93. The summed E-state index contributed by atoms with van der Waals surface area (Å²) in [5, 5.41) is 6.22. The number of aromatic nitrogens is 2. The third-order valence-electron chi connectivity index (χ3n) is 2.02. The summed E-state index contributed by atoms with van der Waals surface area (Å²) in [7, 11) is 1.82. The highest BCUT2D eigenvalue weighted by molar-refractivity contribution is 5.46. The lowest BCUT2D eigenvalue weighted by Crippen LogP contribution is -2.07. The van der Waals surface area contributed by atoms with Crippen LogP contribution in [-0.4, -0.2) is 23.6 Å². The van der Waals surface area contributed by atoms with Crippen molar-refractivity contribution in [2.24, 2.45) is 0 Å². The van der Waals surface area contributed by atoms with Crippen LogP contribution in [0.1, 0.15) is 25.3 Å². The van der Waals surface area contributed by atoms with Gasteiger partial charge in [-0.3, -0.25) is 0 Å². The number of hydrogen-bond acceptors (Lipinski definition) is 4. The van der Waals surface area contributed by atoms with E-state index < -0.39 is 0 Å². The second-order valence-corrected chi connectivity index (χ2v) is 3.26. The minimum Gasteiger partial charge on any atom is -0.370 e. The predicted molar refractivity (Wildman–Crippen MR) is 59.7 cm³/mol. The first-order chi connectivity index (χ1) is 6.77. The summed E-state index contributed by atoms with van der Waals surface area (Å²) in [6.07, 6.45) is 4.18. The van der Waals surface area contributed by atoms with Gasteiger partial charge in [0.25, 0.3) is 0 Å². The molecule has 0 saturated heterocycles. The van der Waals surface area contributed by atoms with Gasteiger partial charge in [0.05, 0.1) is 0 Å². The van der Waals surface area contributed by atoms with Gasteiger partial charge in [-0.15, -0.1) is 0 Å². The van der Waals surface area contributed by atoms with E-state index >= 15 is 0 Å². The molecule has 0 radical (unpaired) electrons. The van der Waals surface area contributed by atoms with Crippen LogP contribution in [-0.2, 0) is 0 Å². The van der Waals surface area contributed by atoms with Crippen LogP contribution in [0, 0.1) is 6.92 Å². The van der Waals surface area contributed by atoms with Gasteiger partial charge in [-0.2, -0.15) is 4.98 Å². The smallest absolute Gasteiger partial charge is 0.224 e. The van der Waals surface area contributed by atoms with E-state index in [-0.39, 0.29) is 0 Å². The van der Waals surface area contributed by atoms with E-state index in [0.29, 0.717) is 5.95 Å². The highest BCUT2D eigenvalue weighted by Crippen LogP contribution is 2.11. The van der Waals surface area contributed by atoms with Crippen LogP contribution in [0.25, 0.3) is 0 Å². The lowest BCUT2D eigenvalue weighted by atomic mass is 10.3. The standard InChI is InChI=1S/C10H18N4/c1-4-5-6-12-9-8(2)7-13-10(11-3)14-9/h7H,4-6H2,1-3H3,(H2,11,12,13,14). The van der Waals surface area contributed by atoms with Crippen molar-refractivity contribution in [3.05, 3.63) is 11.8 Å². The molecule has 0 aliphatic carbocycles. The van der Waals surface area contributed by atoms with Gasteiger partial charge in [-0.25, -0.2) is 4.98 Å². The van der Waals surface area contributed by atoms with E-state index in [4.69, 9.17) is 0 Å². The molecule has 78 valence electrons. The fourth-order valence-electron chi connectivity index (χ4n) is 1.13. The summed E-state index contributed by atoms with van der Waals surface area (Å²) in [4.78, 5) is 8.45. The molecule has 1 aromatic heterocycles. The van der Waals surface area contributed by atoms with Crippen molar-refractivity contribution in [3.8, 4) is 0 Å². The SMILES string of the molecule is CCCCNc1nc(NC)ncc1C. The van der Waals surface area contributed by atoms with Crippen LogP contribution in [0.15, 0.2) is 6.20 Å². The van der Waals surface area contributed by atoms with Crippen LogP contribution in [0.2, 0.25) is 0 Å². The molecule has 4 heteroatoms. The van der Waals surface area contributed by atoms with Crippen LogP contribution in [0.3, 0.4) is 0 Å². The molecule has 0 bridgehead atoms. The molecule has 0 aliphatic heterocycles. The Morgan fingerprint density at radius 2 is 2.21 bits per heavy atom. The van der Waals surface area contributed by atoms with Crippen LogP contribution in [0.5, 0.6) is 0 Å². The Morgan fingerprint density at radius 1 is 1.43 bits per heavy atom. The van der Waals surface area contributed by atoms with Gasteiger partial charge < -0.3 is 10.6 Å². The maximum Gasteiger partial charge on any atom is 0.224 e. The van der Waals surface area contributed by atoms with Crippen molar-refractivity contribution in [1.29, 1.82) is 0 Å². The van der Waals surface area contributed by atoms with Crippen molar-refractivity contribution in [1.82, 2.24) is 9.97 Å². The second-order valence-electron chi connectivity index (χ2n) is 3.26. The van der Waals surface area contributed by atoms with Gasteiger partial charge in [0.15, 0.2) is 0 Å². The van der Waals surface area contributed by atoms with E-state index in [2.05, 4.69) is 27.5 Å². The molecule has 2 N–H and O–H groups in total. The molecule has 0 aromatic carbocycles. The molecular weight excluding hydrogens is 176 g/mol. The second kappa shape index (κ2) is 5.42. The average Bonchev–Trinajstić information content (AvgIpc) is 2.21. The summed E-state index contributed by atoms with van der Waals surface area (Å²) >= 11 is 0. The molecule has 1 rings (SSSR count). The lowest BCUT2D eigenvalue weighted by Gasteiger charge is -2.08. The van der Waals surface area contributed by atoms with Gasteiger partial charge in [-0.05, 0) is 13.3 Å². The Morgan fingerprint density at radius 3 is 2.86 bits per heavy atom. The first-order valence-electron chi connectivity index (χ1n) is 5.03. The van der Waals surface area contributed by atoms with Crippen LogP contribution in [0.4, 0.5) is 11.8 Å². The van der Waals surface area contributed by atoms with Crippen molar-refractivity contribution in [3.63, 3.8) is 0 Å². The first-order valence-corrected chi connectivity index (χ1v) is 5.03. The van der Waals surface area contributed by atoms with Crippen molar-refractivity contribution in [2.45, 2.75) is 26.7 Å². The van der Waals surface area contributed by atoms with Crippen LogP contribution < -0.4 is 10.6 Å². The quantitative estimate of drug-likeness (QED) is 0.704. The summed E-state index contributed by atoms with van der Waals surface area (Å²) in [5.74, 6) is 1.59. The maximum absolute atomic E-state index is 4.33. The predicted octanol–water partition coefficient (Wildman–Crippen LogP) is 2.04. The number of hydrogen-bond donors (Lipinski definition) is 2. The van der Waals surface area contributed by atoms with E-state index in [1.807, 2.05) is 20.2 Å². The topological polar surface area (TPSA) is 49.8 Å². The minimum absolute atomic E-state index is 0.662. The molecule has 1 heterocycles. The van der Waals surface area contributed by atoms with E-state index in [1.54, 1.807) is 0 Å². The lowest BCUT2D eigenvalue weighted by molar-refractivity contribution is 0.829. The molecule has 0 fully saturated rings. The van der Waals surface area contributed by atoms with Gasteiger partial charge >= 0.3 is 0 Å². The zero-order valence-corrected chi connectivity index (χ0v) is 9.09. The molecule has 0 saturated carbocycles. The molecule has 0 spiro atoms. The monoisotopic (exact) mass is 194 g/mol. The number of rotatable bonds is 5.